The van der Waals surface area contributed by atoms with Crippen LogP contribution in [-0.2, 0) is 0 Å². The zero-order chi connectivity index (χ0) is 12.4. The number of aromatic carboxylic acids is 1. The lowest BCUT2D eigenvalue weighted by atomic mass is 10.0. The van der Waals surface area contributed by atoms with Gasteiger partial charge in [0.2, 0.25) is 0 Å². The summed E-state index contributed by atoms with van der Waals surface area (Å²) in [7, 11) is 0. The van der Waals surface area contributed by atoms with Crippen molar-refractivity contribution in [2.75, 3.05) is 0 Å². The molecule has 0 heterocycles. The van der Waals surface area contributed by atoms with Gasteiger partial charge in [-0.2, -0.15) is 0 Å². The SMILES string of the molecule is O=C(O)c1ccc(-c2ccccc2Br)cc1F. The molecule has 2 rings (SSSR count). The van der Waals surface area contributed by atoms with Crippen molar-refractivity contribution in [3.63, 3.8) is 0 Å². The summed E-state index contributed by atoms with van der Waals surface area (Å²) in [6.45, 7) is 0. The summed E-state index contributed by atoms with van der Waals surface area (Å²) in [5.41, 5.74) is 1.14. The minimum Gasteiger partial charge on any atom is -0.478 e. The second kappa shape index (κ2) is 4.67. The zero-order valence-electron chi connectivity index (χ0n) is 8.65. The fourth-order valence-corrected chi connectivity index (χ4v) is 2.07. The Morgan fingerprint density at radius 3 is 2.47 bits per heavy atom. The van der Waals surface area contributed by atoms with Gasteiger partial charge in [-0.25, -0.2) is 9.18 Å². The van der Waals surface area contributed by atoms with Crippen LogP contribution in [0, 0.1) is 5.82 Å². The summed E-state index contributed by atoms with van der Waals surface area (Å²) in [5.74, 6) is -1.99. The quantitative estimate of drug-likeness (QED) is 0.910. The first-order chi connectivity index (χ1) is 8.09. The van der Waals surface area contributed by atoms with Crippen molar-refractivity contribution in [2.24, 2.45) is 0 Å². The molecule has 2 nitrogen and oxygen atoms in total. The minimum atomic E-state index is -1.26. The van der Waals surface area contributed by atoms with Crippen molar-refractivity contribution in [2.45, 2.75) is 0 Å². The Labute approximate surface area is 106 Å². The predicted octanol–water partition coefficient (Wildman–Crippen LogP) is 3.95. The first-order valence-electron chi connectivity index (χ1n) is 4.87. The molecule has 0 saturated heterocycles. The van der Waals surface area contributed by atoms with Crippen molar-refractivity contribution in [1.82, 2.24) is 0 Å². The van der Waals surface area contributed by atoms with Crippen molar-refractivity contribution in [1.29, 1.82) is 0 Å². The highest BCUT2D eigenvalue weighted by Gasteiger charge is 2.11. The molecule has 0 radical (unpaired) electrons. The van der Waals surface area contributed by atoms with Gasteiger partial charge < -0.3 is 5.11 Å². The largest absolute Gasteiger partial charge is 0.478 e. The summed E-state index contributed by atoms with van der Waals surface area (Å²) in [6, 6.07) is 11.5. The molecule has 0 aliphatic rings. The van der Waals surface area contributed by atoms with E-state index in [0.29, 0.717) is 5.56 Å². The second-order valence-electron chi connectivity index (χ2n) is 3.48. The molecule has 17 heavy (non-hydrogen) atoms. The number of hydrogen-bond acceptors (Lipinski definition) is 1. The van der Waals surface area contributed by atoms with Crippen molar-refractivity contribution < 1.29 is 14.3 Å². The molecule has 0 aliphatic carbocycles. The number of carbonyl (C=O) groups is 1. The highest BCUT2D eigenvalue weighted by Crippen LogP contribution is 2.28. The number of rotatable bonds is 2. The van der Waals surface area contributed by atoms with E-state index < -0.39 is 11.8 Å². The molecule has 4 heteroatoms. The van der Waals surface area contributed by atoms with Gasteiger partial charge in [0, 0.05) is 4.47 Å². The number of halogens is 2. The van der Waals surface area contributed by atoms with E-state index in [9.17, 15) is 9.18 Å². The lowest BCUT2D eigenvalue weighted by Gasteiger charge is -2.05. The molecule has 0 amide bonds. The third kappa shape index (κ3) is 2.36. The number of benzene rings is 2. The minimum absolute atomic E-state index is 0.319. The maximum Gasteiger partial charge on any atom is 0.338 e. The third-order valence-electron chi connectivity index (χ3n) is 2.38. The maximum atomic E-state index is 13.5. The van der Waals surface area contributed by atoms with E-state index >= 15 is 0 Å². The van der Waals surface area contributed by atoms with Crippen molar-refractivity contribution >= 4 is 21.9 Å². The van der Waals surface area contributed by atoms with Crippen LogP contribution in [0.4, 0.5) is 4.39 Å². The predicted molar refractivity (Wildman–Crippen MR) is 66.5 cm³/mol. The lowest BCUT2D eigenvalue weighted by Crippen LogP contribution is -2.00. The second-order valence-corrected chi connectivity index (χ2v) is 4.33. The summed E-state index contributed by atoms with van der Waals surface area (Å²) in [4.78, 5) is 10.7. The molecule has 1 N–H and O–H groups in total. The summed E-state index contributed by atoms with van der Waals surface area (Å²) in [6.07, 6.45) is 0. The molecule has 0 bridgehead atoms. The highest BCUT2D eigenvalue weighted by atomic mass is 79.9. The Morgan fingerprint density at radius 2 is 1.88 bits per heavy atom. The molecule has 86 valence electrons. The number of carboxylic acids is 1. The van der Waals surface area contributed by atoms with Gasteiger partial charge in [0.25, 0.3) is 0 Å². The smallest absolute Gasteiger partial charge is 0.338 e. The van der Waals surface area contributed by atoms with Crippen LogP contribution < -0.4 is 0 Å². The molecule has 2 aromatic carbocycles. The fraction of sp³-hybridized carbons (Fsp3) is 0. The van der Waals surface area contributed by atoms with Crippen LogP contribution in [0.1, 0.15) is 10.4 Å². The van der Waals surface area contributed by atoms with Gasteiger partial charge in [-0.1, -0.05) is 40.2 Å². The number of hydrogen-bond donors (Lipinski definition) is 1. The van der Waals surface area contributed by atoms with E-state index in [2.05, 4.69) is 15.9 Å². The van der Waals surface area contributed by atoms with E-state index in [1.54, 1.807) is 6.07 Å². The Balaban J connectivity index is 2.52. The Bertz CT molecular complexity index is 581. The van der Waals surface area contributed by atoms with E-state index in [1.165, 1.54) is 12.1 Å². The molecular formula is C13H8BrFO2. The summed E-state index contributed by atoms with van der Waals surface area (Å²) in [5, 5.41) is 8.73. The standard InChI is InChI=1S/C13H8BrFO2/c14-11-4-2-1-3-9(11)8-5-6-10(13(16)17)12(15)7-8/h1-7H,(H,16,17). The van der Waals surface area contributed by atoms with E-state index in [-0.39, 0.29) is 5.56 Å². The van der Waals surface area contributed by atoms with Crippen LogP contribution in [0.3, 0.4) is 0 Å². The third-order valence-corrected chi connectivity index (χ3v) is 3.08. The molecule has 2 aromatic rings. The van der Waals surface area contributed by atoms with E-state index in [1.807, 2.05) is 24.3 Å². The fourth-order valence-electron chi connectivity index (χ4n) is 1.55. The van der Waals surface area contributed by atoms with Gasteiger partial charge in [0.15, 0.2) is 0 Å². The molecule has 0 spiro atoms. The van der Waals surface area contributed by atoms with Crippen LogP contribution in [-0.4, -0.2) is 11.1 Å². The van der Waals surface area contributed by atoms with E-state index in [0.717, 1.165) is 10.0 Å². The first-order valence-corrected chi connectivity index (χ1v) is 5.66. The van der Waals surface area contributed by atoms with Crippen LogP contribution >= 0.6 is 15.9 Å². The summed E-state index contributed by atoms with van der Waals surface area (Å²) < 4.78 is 14.4. The topological polar surface area (TPSA) is 37.3 Å². The lowest BCUT2D eigenvalue weighted by molar-refractivity contribution is 0.0692. The van der Waals surface area contributed by atoms with Crippen LogP contribution in [0.25, 0.3) is 11.1 Å². The van der Waals surface area contributed by atoms with Gasteiger partial charge in [-0.3, -0.25) is 0 Å². The highest BCUT2D eigenvalue weighted by molar-refractivity contribution is 9.10. The monoisotopic (exact) mass is 294 g/mol. The van der Waals surface area contributed by atoms with E-state index in [4.69, 9.17) is 5.11 Å². The van der Waals surface area contributed by atoms with Crippen molar-refractivity contribution in [3.05, 3.63) is 58.3 Å². The molecular weight excluding hydrogens is 287 g/mol. The molecule has 0 unspecified atom stereocenters. The Hall–Kier alpha value is -1.68. The zero-order valence-corrected chi connectivity index (χ0v) is 10.2. The Morgan fingerprint density at radius 1 is 1.18 bits per heavy atom. The average Bonchev–Trinajstić information content (AvgIpc) is 2.29. The number of carboxylic acid groups (broad SMARTS) is 1. The normalized spacial score (nSPS) is 10.2. The molecule has 0 aliphatic heterocycles. The van der Waals surface area contributed by atoms with Gasteiger partial charge in [0.1, 0.15) is 5.82 Å². The van der Waals surface area contributed by atoms with Gasteiger partial charge in [-0.15, -0.1) is 0 Å². The van der Waals surface area contributed by atoms with Crippen LogP contribution in [0.15, 0.2) is 46.9 Å². The molecule has 0 aromatic heterocycles. The van der Waals surface area contributed by atoms with Gasteiger partial charge in [0.05, 0.1) is 5.56 Å². The average molecular weight is 295 g/mol. The van der Waals surface area contributed by atoms with Crippen LogP contribution in [0.5, 0.6) is 0 Å². The summed E-state index contributed by atoms with van der Waals surface area (Å²) >= 11 is 3.37. The van der Waals surface area contributed by atoms with Gasteiger partial charge in [-0.05, 0) is 29.3 Å². The maximum absolute atomic E-state index is 13.5. The van der Waals surface area contributed by atoms with Crippen LogP contribution in [0.2, 0.25) is 0 Å². The Kier molecular flexibility index (Phi) is 3.24. The van der Waals surface area contributed by atoms with Gasteiger partial charge >= 0.3 is 5.97 Å². The molecule has 0 atom stereocenters. The first kappa shape index (κ1) is 11.8. The molecule has 0 saturated carbocycles. The molecule has 0 fully saturated rings. The van der Waals surface area contributed by atoms with Crippen molar-refractivity contribution in [3.8, 4) is 11.1 Å².